The second-order valence-corrected chi connectivity index (χ2v) is 7.00. The van der Waals surface area contributed by atoms with Crippen LogP contribution in [0.1, 0.15) is 24.6 Å². The van der Waals surface area contributed by atoms with Crippen LogP contribution in [-0.4, -0.2) is 28.5 Å². The van der Waals surface area contributed by atoms with Crippen LogP contribution in [0.3, 0.4) is 0 Å². The lowest BCUT2D eigenvalue weighted by Crippen LogP contribution is -2.23. The minimum absolute atomic E-state index is 0.175. The second-order valence-electron chi connectivity index (χ2n) is 7.00. The first kappa shape index (κ1) is 16.8. The van der Waals surface area contributed by atoms with Gasteiger partial charge in [-0.25, -0.2) is 4.99 Å². The van der Waals surface area contributed by atoms with Crippen molar-refractivity contribution in [3.05, 3.63) is 66.4 Å². The maximum Gasteiger partial charge on any atom is 0.227 e. The molecule has 28 heavy (non-hydrogen) atoms. The summed E-state index contributed by atoms with van der Waals surface area (Å²) in [5, 5.41) is 13.7. The van der Waals surface area contributed by atoms with E-state index < -0.39 is 6.23 Å². The Hall–Kier alpha value is -3.38. The molecule has 140 valence electrons. The lowest BCUT2D eigenvalue weighted by Gasteiger charge is -2.18. The molecule has 0 radical (unpaired) electrons. The van der Waals surface area contributed by atoms with Crippen molar-refractivity contribution >= 4 is 23.8 Å². The van der Waals surface area contributed by atoms with Crippen LogP contribution >= 0.6 is 0 Å². The summed E-state index contributed by atoms with van der Waals surface area (Å²) in [4.78, 5) is 17.9. The first-order valence-corrected chi connectivity index (χ1v) is 9.40. The molecule has 6 nitrogen and oxygen atoms in total. The monoisotopic (exact) mass is 372 g/mol. The summed E-state index contributed by atoms with van der Waals surface area (Å²) in [5.74, 6) is 0.983. The lowest BCUT2D eigenvalue weighted by molar-refractivity contribution is -0.117. The number of nitrogens with one attached hydrogen (secondary N) is 1. The number of fused-ring (bicyclic) bond motifs is 1. The predicted molar refractivity (Wildman–Crippen MR) is 110 cm³/mol. The molecule has 5 rings (SSSR count). The van der Waals surface area contributed by atoms with E-state index in [-0.39, 0.29) is 5.91 Å². The Morgan fingerprint density at radius 2 is 1.82 bits per heavy atom. The van der Waals surface area contributed by atoms with Gasteiger partial charge in [-0.15, -0.1) is 0 Å². The molecule has 1 amide bonds. The number of aliphatic hydroxyl groups is 1. The molecule has 2 aliphatic rings. The Balaban J connectivity index is 1.59. The van der Waals surface area contributed by atoms with E-state index in [2.05, 4.69) is 10.3 Å². The molecule has 2 aliphatic heterocycles. The van der Waals surface area contributed by atoms with Crippen molar-refractivity contribution in [2.45, 2.75) is 19.1 Å². The second kappa shape index (κ2) is 6.65. The summed E-state index contributed by atoms with van der Waals surface area (Å²) >= 11 is 0. The number of carbonyl (C=O) groups excluding carboxylic acids is 1. The average molecular weight is 372 g/mol. The SMILES string of the molecule is O=C1CCCN1c1ccc(-c2cn(-c3ccccc3)c3c2C(O)N=CN3)cc1. The van der Waals surface area contributed by atoms with E-state index >= 15 is 0 Å². The fourth-order valence-corrected chi connectivity index (χ4v) is 3.94. The molecule has 3 heterocycles. The molecule has 3 aromatic rings. The minimum Gasteiger partial charge on any atom is -0.368 e. The third kappa shape index (κ3) is 2.70. The molecule has 0 spiro atoms. The summed E-state index contributed by atoms with van der Waals surface area (Å²) in [5.41, 5.74) is 4.55. The molecule has 1 atom stereocenters. The Labute approximate surface area is 162 Å². The number of anilines is 2. The number of benzene rings is 2. The number of para-hydroxylation sites is 1. The van der Waals surface area contributed by atoms with Crippen LogP contribution in [-0.2, 0) is 4.79 Å². The molecule has 0 bridgehead atoms. The maximum absolute atomic E-state index is 12.0. The summed E-state index contributed by atoms with van der Waals surface area (Å²) < 4.78 is 2.02. The van der Waals surface area contributed by atoms with E-state index in [4.69, 9.17) is 0 Å². The van der Waals surface area contributed by atoms with Crippen LogP contribution in [0.15, 0.2) is 65.8 Å². The van der Waals surface area contributed by atoms with Gasteiger partial charge in [0.15, 0.2) is 6.23 Å². The van der Waals surface area contributed by atoms with Gasteiger partial charge in [0, 0.05) is 36.1 Å². The normalized spacial score (nSPS) is 18.2. The third-order valence-corrected chi connectivity index (χ3v) is 5.32. The number of amides is 1. The predicted octanol–water partition coefficient (Wildman–Crippen LogP) is 3.72. The lowest BCUT2D eigenvalue weighted by atomic mass is 10.0. The molecule has 1 saturated heterocycles. The van der Waals surface area contributed by atoms with Crippen molar-refractivity contribution in [1.82, 2.24) is 4.57 Å². The molecule has 6 heteroatoms. The fourth-order valence-electron chi connectivity index (χ4n) is 3.94. The van der Waals surface area contributed by atoms with Crippen molar-refractivity contribution in [2.75, 3.05) is 16.8 Å². The smallest absolute Gasteiger partial charge is 0.227 e. The molecule has 0 saturated carbocycles. The Kier molecular flexibility index (Phi) is 3.98. The number of nitrogens with zero attached hydrogens (tertiary/aromatic N) is 3. The molecule has 1 aromatic heterocycles. The molecular weight excluding hydrogens is 352 g/mol. The first-order chi connectivity index (χ1) is 13.7. The third-order valence-electron chi connectivity index (χ3n) is 5.32. The number of rotatable bonds is 3. The molecule has 1 fully saturated rings. The van der Waals surface area contributed by atoms with Gasteiger partial charge in [0.05, 0.1) is 11.9 Å². The Morgan fingerprint density at radius 3 is 2.54 bits per heavy atom. The van der Waals surface area contributed by atoms with E-state index in [0.29, 0.717) is 6.42 Å². The van der Waals surface area contributed by atoms with Gasteiger partial charge in [0.25, 0.3) is 0 Å². The van der Waals surface area contributed by atoms with E-state index in [0.717, 1.165) is 46.8 Å². The van der Waals surface area contributed by atoms with E-state index in [1.807, 2.05) is 70.3 Å². The standard InChI is InChI=1S/C22H20N4O2/c27-19-7-4-12-25(19)17-10-8-15(9-11-17)18-13-26(16-5-2-1-3-6-16)21-20(18)22(28)24-14-23-21/h1-3,5-6,8-11,13-14,22,28H,4,7,12H2,(H,23,24). The van der Waals surface area contributed by atoms with Crippen LogP contribution in [0.4, 0.5) is 11.5 Å². The zero-order valence-electron chi connectivity index (χ0n) is 15.2. The van der Waals surface area contributed by atoms with Gasteiger partial charge in [-0.2, -0.15) is 0 Å². The largest absolute Gasteiger partial charge is 0.368 e. The van der Waals surface area contributed by atoms with Crippen molar-refractivity contribution in [3.8, 4) is 16.8 Å². The van der Waals surface area contributed by atoms with Gasteiger partial charge >= 0.3 is 0 Å². The summed E-state index contributed by atoms with van der Waals surface area (Å²) in [7, 11) is 0. The van der Waals surface area contributed by atoms with Gasteiger partial charge in [-0.05, 0) is 36.2 Å². The summed E-state index contributed by atoms with van der Waals surface area (Å²) in [6, 6.07) is 17.9. The van der Waals surface area contributed by atoms with Crippen molar-refractivity contribution in [2.24, 2.45) is 4.99 Å². The molecule has 1 unspecified atom stereocenters. The zero-order valence-corrected chi connectivity index (χ0v) is 15.2. The Bertz CT molecular complexity index is 1050. The highest BCUT2D eigenvalue weighted by molar-refractivity contribution is 5.95. The quantitative estimate of drug-likeness (QED) is 0.736. The van der Waals surface area contributed by atoms with Gasteiger partial charge < -0.3 is 19.9 Å². The number of aliphatic hydroxyl groups excluding tert-OH is 1. The van der Waals surface area contributed by atoms with Gasteiger partial charge in [0.1, 0.15) is 5.82 Å². The minimum atomic E-state index is -0.920. The summed E-state index contributed by atoms with van der Waals surface area (Å²) in [6.45, 7) is 0.773. The number of hydrogen-bond acceptors (Lipinski definition) is 4. The number of hydrogen-bond donors (Lipinski definition) is 2. The maximum atomic E-state index is 12.0. The van der Waals surface area contributed by atoms with E-state index in [1.165, 1.54) is 6.34 Å². The highest BCUT2D eigenvalue weighted by atomic mass is 16.3. The highest BCUT2D eigenvalue weighted by Gasteiger charge is 2.26. The molecule has 2 N–H and O–H groups in total. The van der Waals surface area contributed by atoms with Gasteiger partial charge in [0.2, 0.25) is 5.91 Å². The van der Waals surface area contributed by atoms with Gasteiger partial charge in [-0.1, -0.05) is 30.3 Å². The molecule has 2 aromatic carbocycles. The number of carbonyl (C=O) groups is 1. The topological polar surface area (TPSA) is 69.9 Å². The fraction of sp³-hybridized carbons (Fsp3) is 0.182. The average Bonchev–Trinajstić information content (AvgIpc) is 3.33. The van der Waals surface area contributed by atoms with Crippen molar-refractivity contribution in [3.63, 3.8) is 0 Å². The van der Waals surface area contributed by atoms with Crippen LogP contribution < -0.4 is 10.2 Å². The Morgan fingerprint density at radius 1 is 1.04 bits per heavy atom. The van der Waals surface area contributed by atoms with Crippen LogP contribution in [0, 0.1) is 0 Å². The number of aromatic nitrogens is 1. The van der Waals surface area contributed by atoms with Crippen molar-refractivity contribution in [1.29, 1.82) is 0 Å². The van der Waals surface area contributed by atoms with Crippen LogP contribution in [0.25, 0.3) is 16.8 Å². The zero-order chi connectivity index (χ0) is 19.1. The van der Waals surface area contributed by atoms with Crippen LogP contribution in [0.5, 0.6) is 0 Å². The van der Waals surface area contributed by atoms with E-state index in [9.17, 15) is 9.90 Å². The van der Waals surface area contributed by atoms with Gasteiger partial charge in [-0.3, -0.25) is 4.79 Å². The molecular formula is C22H20N4O2. The van der Waals surface area contributed by atoms with Crippen molar-refractivity contribution < 1.29 is 9.90 Å². The molecule has 0 aliphatic carbocycles. The highest BCUT2D eigenvalue weighted by Crippen LogP contribution is 2.40. The summed E-state index contributed by atoms with van der Waals surface area (Å²) in [6.07, 6.45) is 4.14. The van der Waals surface area contributed by atoms with Crippen LogP contribution in [0.2, 0.25) is 0 Å². The number of aliphatic imine (C=N–C) groups is 1. The first-order valence-electron chi connectivity index (χ1n) is 9.40. The van der Waals surface area contributed by atoms with E-state index in [1.54, 1.807) is 0 Å².